The minimum atomic E-state index is -0.432. The second kappa shape index (κ2) is 7.33. The number of carbonyl (C=O) groups excluding carboxylic acids is 1. The number of likely N-dealkylation sites (tertiary alicyclic amines) is 1. The van der Waals surface area contributed by atoms with Gasteiger partial charge in [0.15, 0.2) is 0 Å². The Kier molecular flexibility index (Phi) is 5.69. The molecule has 0 bridgehead atoms. The predicted molar refractivity (Wildman–Crippen MR) is 91.0 cm³/mol. The van der Waals surface area contributed by atoms with Gasteiger partial charge in [-0.3, -0.25) is 0 Å². The van der Waals surface area contributed by atoms with Gasteiger partial charge in [0, 0.05) is 30.2 Å². The average Bonchev–Trinajstić information content (AvgIpc) is 2.83. The van der Waals surface area contributed by atoms with Crippen LogP contribution in [0.15, 0.2) is 11.4 Å². The molecule has 1 aromatic heterocycles. The Morgan fingerprint density at radius 2 is 2.32 bits per heavy atom. The van der Waals surface area contributed by atoms with Crippen molar-refractivity contribution < 1.29 is 9.53 Å². The van der Waals surface area contributed by atoms with Gasteiger partial charge in [-0.25, -0.2) is 4.79 Å². The lowest BCUT2D eigenvalue weighted by molar-refractivity contribution is 0.0166. The molecular formula is C16H27N3O2S. The molecule has 1 unspecified atom stereocenters. The van der Waals surface area contributed by atoms with E-state index in [-0.39, 0.29) is 6.09 Å². The molecular weight excluding hydrogens is 298 g/mol. The van der Waals surface area contributed by atoms with E-state index in [1.807, 2.05) is 37.1 Å². The number of nitrogens with zero attached hydrogens (tertiary/aromatic N) is 1. The molecule has 1 saturated heterocycles. The molecule has 2 heterocycles. The van der Waals surface area contributed by atoms with E-state index in [0.29, 0.717) is 5.92 Å². The molecule has 1 aliphatic heterocycles. The van der Waals surface area contributed by atoms with Crippen LogP contribution in [0.1, 0.15) is 38.5 Å². The molecule has 1 aromatic rings. The zero-order valence-electron chi connectivity index (χ0n) is 13.7. The van der Waals surface area contributed by atoms with Crippen molar-refractivity contribution in [2.24, 2.45) is 5.92 Å². The van der Waals surface area contributed by atoms with Crippen LogP contribution in [-0.2, 0) is 11.3 Å². The van der Waals surface area contributed by atoms with Gasteiger partial charge in [-0.05, 0) is 57.5 Å². The van der Waals surface area contributed by atoms with Gasteiger partial charge in [0.2, 0.25) is 0 Å². The van der Waals surface area contributed by atoms with Crippen LogP contribution in [0.3, 0.4) is 0 Å². The summed E-state index contributed by atoms with van der Waals surface area (Å²) in [4.78, 5) is 15.1. The zero-order chi connectivity index (χ0) is 16.2. The summed E-state index contributed by atoms with van der Waals surface area (Å²) in [6.45, 7) is 8.96. The highest BCUT2D eigenvalue weighted by Crippen LogP contribution is 2.20. The first kappa shape index (κ1) is 17.1. The molecule has 1 fully saturated rings. The second-order valence-corrected chi connectivity index (χ2v) is 7.87. The van der Waals surface area contributed by atoms with Crippen LogP contribution in [0.25, 0.3) is 0 Å². The van der Waals surface area contributed by atoms with Crippen molar-refractivity contribution in [2.45, 2.75) is 45.8 Å². The summed E-state index contributed by atoms with van der Waals surface area (Å²) >= 11 is 1.68. The third kappa shape index (κ3) is 5.18. The van der Waals surface area contributed by atoms with Crippen LogP contribution in [0.5, 0.6) is 0 Å². The number of carbonyl (C=O) groups is 1. The number of piperidine rings is 1. The van der Waals surface area contributed by atoms with Gasteiger partial charge in [0.25, 0.3) is 0 Å². The Morgan fingerprint density at radius 1 is 1.55 bits per heavy atom. The highest BCUT2D eigenvalue weighted by molar-refractivity contribution is 7.10. The van der Waals surface area contributed by atoms with Crippen molar-refractivity contribution in [3.05, 3.63) is 16.3 Å². The standard InChI is InChI=1S/C16H27N3O2S/c1-16(2,3)21-15(20)19-7-4-5-12(11-19)9-18-10-14-13(17)6-8-22-14/h6,8,12,18H,4-5,7,9-11,17H2,1-3H3. The lowest BCUT2D eigenvalue weighted by Gasteiger charge is -2.34. The first-order valence-electron chi connectivity index (χ1n) is 7.85. The van der Waals surface area contributed by atoms with Crippen molar-refractivity contribution in [1.29, 1.82) is 0 Å². The van der Waals surface area contributed by atoms with Gasteiger partial charge >= 0.3 is 6.09 Å². The van der Waals surface area contributed by atoms with Crippen molar-refractivity contribution >= 4 is 23.1 Å². The number of anilines is 1. The number of hydrogen-bond donors (Lipinski definition) is 2. The number of nitrogens with two attached hydrogens (primary N) is 1. The van der Waals surface area contributed by atoms with E-state index in [2.05, 4.69) is 5.32 Å². The minimum Gasteiger partial charge on any atom is -0.444 e. The molecule has 0 spiro atoms. The number of ether oxygens (including phenoxy) is 1. The van der Waals surface area contributed by atoms with Gasteiger partial charge in [0.1, 0.15) is 5.60 Å². The van der Waals surface area contributed by atoms with E-state index in [1.54, 1.807) is 11.3 Å². The van der Waals surface area contributed by atoms with Gasteiger partial charge in [0.05, 0.1) is 0 Å². The fourth-order valence-electron chi connectivity index (χ4n) is 2.61. The van der Waals surface area contributed by atoms with Crippen LogP contribution < -0.4 is 11.1 Å². The van der Waals surface area contributed by atoms with Crippen LogP contribution in [0, 0.1) is 5.92 Å². The highest BCUT2D eigenvalue weighted by Gasteiger charge is 2.27. The molecule has 5 nitrogen and oxygen atoms in total. The Bertz CT molecular complexity index is 496. The van der Waals surface area contributed by atoms with Crippen LogP contribution >= 0.6 is 11.3 Å². The predicted octanol–water partition coefficient (Wildman–Crippen LogP) is 3.07. The Balaban J connectivity index is 1.76. The van der Waals surface area contributed by atoms with Gasteiger partial charge in [-0.1, -0.05) is 0 Å². The monoisotopic (exact) mass is 325 g/mol. The second-order valence-electron chi connectivity index (χ2n) is 6.86. The smallest absolute Gasteiger partial charge is 0.410 e. The van der Waals surface area contributed by atoms with E-state index in [1.165, 1.54) is 4.88 Å². The molecule has 2 rings (SSSR count). The van der Waals surface area contributed by atoms with Crippen molar-refractivity contribution in [2.75, 3.05) is 25.4 Å². The first-order chi connectivity index (χ1) is 10.3. The Labute approximate surface area is 136 Å². The quantitative estimate of drug-likeness (QED) is 0.893. The van der Waals surface area contributed by atoms with E-state index in [4.69, 9.17) is 10.5 Å². The molecule has 0 aliphatic carbocycles. The number of thiophene rings is 1. The molecule has 0 aromatic carbocycles. The topological polar surface area (TPSA) is 67.6 Å². The number of nitrogen functional groups attached to an aromatic ring is 1. The normalized spacial score (nSPS) is 19.2. The zero-order valence-corrected chi connectivity index (χ0v) is 14.5. The first-order valence-corrected chi connectivity index (χ1v) is 8.73. The van der Waals surface area contributed by atoms with E-state index >= 15 is 0 Å². The summed E-state index contributed by atoms with van der Waals surface area (Å²) in [6.07, 6.45) is 1.98. The molecule has 3 N–H and O–H groups in total. The molecule has 0 saturated carbocycles. The highest BCUT2D eigenvalue weighted by atomic mass is 32.1. The summed E-state index contributed by atoms with van der Waals surface area (Å²) in [7, 11) is 0. The van der Waals surface area contributed by atoms with Crippen LogP contribution in [-0.4, -0.2) is 36.2 Å². The fraction of sp³-hybridized carbons (Fsp3) is 0.688. The maximum Gasteiger partial charge on any atom is 0.410 e. The van der Waals surface area contributed by atoms with Crippen molar-refractivity contribution in [1.82, 2.24) is 10.2 Å². The maximum atomic E-state index is 12.1. The summed E-state index contributed by atoms with van der Waals surface area (Å²) in [6, 6.07) is 1.94. The molecule has 6 heteroatoms. The minimum absolute atomic E-state index is 0.195. The average molecular weight is 325 g/mol. The maximum absolute atomic E-state index is 12.1. The van der Waals surface area contributed by atoms with Crippen LogP contribution in [0.4, 0.5) is 10.5 Å². The molecule has 124 valence electrons. The third-order valence-corrected chi connectivity index (χ3v) is 4.61. The summed E-state index contributed by atoms with van der Waals surface area (Å²) in [5.74, 6) is 0.474. The SMILES string of the molecule is CC(C)(C)OC(=O)N1CCCC(CNCc2sccc2N)C1. The molecule has 1 aliphatic rings. The molecule has 1 atom stereocenters. The molecule has 1 amide bonds. The number of nitrogens with one attached hydrogen (secondary N) is 1. The van der Waals surface area contributed by atoms with Gasteiger partial charge in [-0.2, -0.15) is 0 Å². The number of hydrogen-bond acceptors (Lipinski definition) is 5. The third-order valence-electron chi connectivity index (χ3n) is 3.67. The van der Waals surface area contributed by atoms with Crippen molar-refractivity contribution in [3.8, 4) is 0 Å². The summed E-state index contributed by atoms with van der Waals surface area (Å²) in [5.41, 5.74) is 6.31. The van der Waals surface area contributed by atoms with E-state index in [0.717, 1.165) is 44.7 Å². The van der Waals surface area contributed by atoms with Gasteiger partial charge in [-0.15, -0.1) is 11.3 Å². The summed E-state index contributed by atoms with van der Waals surface area (Å²) < 4.78 is 5.46. The number of rotatable bonds is 4. The Hall–Kier alpha value is -1.27. The molecule has 22 heavy (non-hydrogen) atoms. The van der Waals surface area contributed by atoms with E-state index in [9.17, 15) is 4.79 Å². The number of amides is 1. The van der Waals surface area contributed by atoms with Crippen molar-refractivity contribution in [3.63, 3.8) is 0 Å². The fourth-order valence-corrected chi connectivity index (χ4v) is 3.38. The van der Waals surface area contributed by atoms with E-state index < -0.39 is 5.60 Å². The lowest BCUT2D eigenvalue weighted by Crippen LogP contribution is -2.44. The largest absolute Gasteiger partial charge is 0.444 e. The summed E-state index contributed by atoms with van der Waals surface area (Å²) in [5, 5.41) is 5.47. The van der Waals surface area contributed by atoms with Gasteiger partial charge < -0.3 is 20.7 Å². The lowest BCUT2D eigenvalue weighted by atomic mass is 9.98. The molecule has 0 radical (unpaired) electrons. The van der Waals surface area contributed by atoms with Crippen LogP contribution in [0.2, 0.25) is 0 Å². The Morgan fingerprint density at radius 3 is 2.95 bits per heavy atom.